The minimum absolute atomic E-state index is 0.0902. The molecule has 1 unspecified atom stereocenters. The van der Waals surface area contributed by atoms with Gasteiger partial charge in [-0.1, -0.05) is 48.5 Å². The average molecular weight is 520 g/mol. The third kappa shape index (κ3) is 6.40. The Balaban J connectivity index is 1.19. The van der Waals surface area contributed by atoms with Crippen molar-refractivity contribution in [1.82, 2.24) is 14.8 Å². The van der Waals surface area contributed by atoms with Gasteiger partial charge in [-0.3, -0.25) is 4.90 Å². The fourth-order valence-corrected chi connectivity index (χ4v) is 5.88. The molecule has 3 aromatic rings. The fourth-order valence-electron chi connectivity index (χ4n) is 5.88. The van der Waals surface area contributed by atoms with Gasteiger partial charge in [0, 0.05) is 42.7 Å². The molecule has 2 N–H and O–H groups in total. The van der Waals surface area contributed by atoms with Crippen molar-refractivity contribution in [3.63, 3.8) is 0 Å². The molecule has 7 nitrogen and oxygen atoms in total. The van der Waals surface area contributed by atoms with E-state index >= 15 is 0 Å². The van der Waals surface area contributed by atoms with Crippen LogP contribution in [0.1, 0.15) is 63.5 Å². The molecule has 2 aromatic carbocycles. The van der Waals surface area contributed by atoms with E-state index in [-0.39, 0.29) is 18.2 Å². The Hall–Kier alpha value is -2.87. The standard InChI is InChI=1S/C31H41N3O4/c1-31(2,3)38-30(36)34-20-25(37-21-22-9-5-4-6-10-22)17-24(34)18-29(35)33-15-13-23(14-16-33)27-19-32-28-12-8-7-11-26(27)28/h4-12,19,23-25,29,32,35H,13-18,20-21H2,1-3H3/t24-,25+,29?/m0/s1. The molecule has 0 bridgehead atoms. The molecule has 0 saturated carbocycles. The number of aromatic nitrogens is 1. The summed E-state index contributed by atoms with van der Waals surface area (Å²) in [5.41, 5.74) is 3.09. The summed E-state index contributed by atoms with van der Waals surface area (Å²) in [6.07, 6.45) is 4.29. The Kier molecular flexibility index (Phi) is 8.07. The van der Waals surface area contributed by atoms with Crippen molar-refractivity contribution in [2.24, 2.45) is 0 Å². The van der Waals surface area contributed by atoms with Crippen LogP contribution >= 0.6 is 0 Å². The number of nitrogens with zero attached hydrogens (tertiary/aromatic N) is 2. The van der Waals surface area contributed by atoms with E-state index in [0.29, 0.717) is 31.9 Å². The van der Waals surface area contributed by atoms with Gasteiger partial charge in [0.25, 0.3) is 0 Å². The lowest BCUT2D eigenvalue weighted by Crippen LogP contribution is -2.46. The number of fused-ring (bicyclic) bond motifs is 1. The van der Waals surface area contributed by atoms with Gasteiger partial charge in [0.2, 0.25) is 0 Å². The van der Waals surface area contributed by atoms with Crippen LogP contribution in [0, 0.1) is 0 Å². The van der Waals surface area contributed by atoms with E-state index in [2.05, 4.69) is 40.3 Å². The number of amides is 1. The first kappa shape index (κ1) is 26.7. The van der Waals surface area contributed by atoms with Crippen molar-refractivity contribution in [1.29, 1.82) is 0 Å². The topological polar surface area (TPSA) is 78.0 Å². The molecule has 204 valence electrons. The van der Waals surface area contributed by atoms with E-state index in [9.17, 15) is 9.90 Å². The molecule has 0 radical (unpaired) electrons. The Morgan fingerprint density at radius 1 is 1.08 bits per heavy atom. The van der Waals surface area contributed by atoms with Crippen LogP contribution in [0.3, 0.4) is 0 Å². The van der Waals surface area contributed by atoms with Gasteiger partial charge >= 0.3 is 6.09 Å². The Morgan fingerprint density at radius 3 is 2.53 bits per heavy atom. The van der Waals surface area contributed by atoms with Gasteiger partial charge in [-0.05, 0) is 63.1 Å². The van der Waals surface area contributed by atoms with Crippen molar-refractivity contribution in [2.45, 2.75) is 83.0 Å². The van der Waals surface area contributed by atoms with Crippen LogP contribution in [0.5, 0.6) is 0 Å². The van der Waals surface area contributed by atoms with Crippen LogP contribution in [-0.4, -0.2) is 69.6 Å². The molecule has 2 fully saturated rings. The summed E-state index contributed by atoms with van der Waals surface area (Å²) in [7, 11) is 0. The zero-order valence-electron chi connectivity index (χ0n) is 22.8. The maximum Gasteiger partial charge on any atom is 0.410 e. The highest BCUT2D eigenvalue weighted by atomic mass is 16.6. The number of ether oxygens (including phenoxy) is 2. The van der Waals surface area contributed by atoms with E-state index in [0.717, 1.165) is 31.5 Å². The molecule has 1 aromatic heterocycles. The molecule has 2 aliphatic rings. The maximum absolute atomic E-state index is 13.1. The molecule has 38 heavy (non-hydrogen) atoms. The molecule has 3 atom stereocenters. The number of aliphatic hydroxyl groups is 1. The first-order valence-corrected chi connectivity index (χ1v) is 13.9. The van der Waals surface area contributed by atoms with Crippen molar-refractivity contribution in [3.05, 3.63) is 71.9 Å². The van der Waals surface area contributed by atoms with Crippen LogP contribution < -0.4 is 0 Å². The Bertz CT molecular complexity index is 1200. The smallest absolute Gasteiger partial charge is 0.410 e. The van der Waals surface area contributed by atoms with Crippen molar-refractivity contribution in [2.75, 3.05) is 19.6 Å². The second kappa shape index (κ2) is 11.5. The van der Waals surface area contributed by atoms with E-state index in [1.54, 1.807) is 4.90 Å². The summed E-state index contributed by atoms with van der Waals surface area (Å²) >= 11 is 0. The van der Waals surface area contributed by atoms with E-state index in [4.69, 9.17) is 9.47 Å². The van der Waals surface area contributed by atoms with Crippen molar-refractivity contribution in [3.8, 4) is 0 Å². The number of rotatable bonds is 7. The van der Waals surface area contributed by atoms with Gasteiger partial charge in [0.05, 0.1) is 19.3 Å². The molecule has 7 heteroatoms. The number of benzene rings is 2. The summed E-state index contributed by atoms with van der Waals surface area (Å²) in [6, 6.07) is 18.4. The van der Waals surface area contributed by atoms with Crippen LogP contribution in [-0.2, 0) is 16.1 Å². The summed E-state index contributed by atoms with van der Waals surface area (Å²) in [5.74, 6) is 0.482. The number of aromatic amines is 1. The lowest BCUT2D eigenvalue weighted by molar-refractivity contribution is -0.0332. The molecule has 2 saturated heterocycles. The number of likely N-dealkylation sites (tertiary alicyclic amines) is 2. The molecular weight excluding hydrogens is 478 g/mol. The minimum atomic E-state index is -0.610. The van der Waals surface area contributed by atoms with E-state index in [1.165, 1.54) is 16.5 Å². The zero-order chi connectivity index (χ0) is 26.7. The number of carbonyl (C=O) groups is 1. The minimum Gasteiger partial charge on any atom is -0.444 e. The number of carbonyl (C=O) groups excluding carboxylic acids is 1. The van der Waals surface area contributed by atoms with Gasteiger partial charge in [-0.15, -0.1) is 0 Å². The number of hydrogen-bond donors (Lipinski definition) is 2. The number of piperidine rings is 1. The molecule has 3 heterocycles. The van der Waals surface area contributed by atoms with Gasteiger partial charge in [-0.2, -0.15) is 0 Å². The fraction of sp³-hybridized carbons (Fsp3) is 0.516. The van der Waals surface area contributed by atoms with Gasteiger partial charge in [0.15, 0.2) is 0 Å². The third-order valence-electron chi connectivity index (χ3n) is 7.83. The zero-order valence-corrected chi connectivity index (χ0v) is 22.8. The number of hydrogen-bond acceptors (Lipinski definition) is 5. The highest BCUT2D eigenvalue weighted by Crippen LogP contribution is 2.34. The lowest BCUT2D eigenvalue weighted by atomic mass is 9.89. The second-order valence-electron chi connectivity index (χ2n) is 11.8. The highest BCUT2D eigenvalue weighted by Gasteiger charge is 2.40. The molecular formula is C31H41N3O4. The number of nitrogens with one attached hydrogen (secondary N) is 1. The number of aliphatic hydroxyl groups excluding tert-OH is 1. The molecule has 0 aliphatic carbocycles. The average Bonchev–Trinajstić information content (AvgIpc) is 3.51. The van der Waals surface area contributed by atoms with Gasteiger partial charge < -0.3 is 24.5 Å². The molecule has 0 spiro atoms. The van der Waals surface area contributed by atoms with E-state index in [1.807, 2.05) is 51.1 Å². The summed E-state index contributed by atoms with van der Waals surface area (Å²) < 4.78 is 11.9. The monoisotopic (exact) mass is 519 g/mol. The van der Waals surface area contributed by atoms with Crippen molar-refractivity contribution >= 4 is 17.0 Å². The molecule has 2 aliphatic heterocycles. The highest BCUT2D eigenvalue weighted by molar-refractivity contribution is 5.83. The van der Waals surface area contributed by atoms with Crippen LogP contribution in [0.15, 0.2) is 60.8 Å². The van der Waals surface area contributed by atoms with Crippen LogP contribution in [0.2, 0.25) is 0 Å². The first-order valence-electron chi connectivity index (χ1n) is 13.9. The summed E-state index contributed by atoms with van der Waals surface area (Å²) in [6.45, 7) is 8.28. The number of H-pyrrole nitrogens is 1. The van der Waals surface area contributed by atoms with Crippen molar-refractivity contribution < 1.29 is 19.4 Å². The van der Waals surface area contributed by atoms with Crippen LogP contribution in [0.4, 0.5) is 4.79 Å². The van der Waals surface area contributed by atoms with Crippen LogP contribution in [0.25, 0.3) is 10.9 Å². The number of para-hydroxylation sites is 1. The summed E-state index contributed by atoms with van der Waals surface area (Å²) in [5, 5.41) is 12.5. The quantitative estimate of drug-likeness (QED) is 0.422. The Morgan fingerprint density at radius 2 is 1.79 bits per heavy atom. The van der Waals surface area contributed by atoms with E-state index < -0.39 is 11.8 Å². The molecule has 5 rings (SSSR count). The normalized spacial score (nSPS) is 22.2. The SMILES string of the molecule is CC(C)(C)OC(=O)N1C[C@H](OCc2ccccc2)C[C@H]1CC(O)N1CCC(c2c[nH]c3ccccc23)CC1. The lowest BCUT2D eigenvalue weighted by Gasteiger charge is -2.37. The summed E-state index contributed by atoms with van der Waals surface area (Å²) in [4.78, 5) is 20.4. The largest absolute Gasteiger partial charge is 0.444 e. The predicted octanol–water partition coefficient (Wildman–Crippen LogP) is 5.65. The van der Waals surface area contributed by atoms with Gasteiger partial charge in [-0.25, -0.2) is 4.79 Å². The molecule has 1 amide bonds. The maximum atomic E-state index is 13.1. The Labute approximate surface area is 225 Å². The third-order valence-corrected chi connectivity index (χ3v) is 7.83. The first-order chi connectivity index (χ1) is 18.3. The van der Waals surface area contributed by atoms with Gasteiger partial charge in [0.1, 0.15) is 11.8 Å². The predicted molar refractivity (Wildman–Crippen MR) is 149 cm³/mol. The second-order valence-corrected chi connectivity index (χ2v) is 11.8.